The SMILES string of the molecule is CC(C)n1cc(CN2C[C@@H]3Cn4c(nnc4C(=O)NCc4ccccc4)C[C@H]3C2)cn1. The zero-order valence-electron chi connectivity index (χ0n) is 18.1. The van der Waals surface area contributed by atoms with E-state index in [0.717, 1.165) is 44.0 Å². The molecule has 2 aliphatic heterocycles. The minimum atomic E-state index is -0.156. The topological polar surface area (TPSA) is 80.9 Å². The van der Waals surface area contributed by atoms with Crippen LogP contribution in [0.25, 0.3) is 0 Å². The van der Waals surface area contributed by atoms with Gasteiger partial charge in [-0.05, 0) is 31.2 Å². The third-order valence-electron chi connectivity index (χ3n) is 6.43. The molecule has 1 aromatic carbocycles. The minimum absolute atomic E-state index is 0.156. The fourth-order valence-corrected chi connectivity index (χ4v) is 4.78. The minimum Gasteiger partial charge on any atom is -0.345 e. The Kier molecular flexibility index (Phi) is 5.31. The predicted molar refractivity (Wildman–Crippen MR) is 116 cm³/mol. The Balaban J connectivity index is 1.22. The molecule has 8 heteroatoms. The van der Waals surface area contributed by atoms with Crippen molar-refractivity contribution in [1.82, 2.24) is 34.8 Å². The van der Waals surface area contributed by atoms with Crippen molar-refractivity contribution in [3.05, 3.63) is 65.5 Å². The van der Waals surface area contributed by atoms with E-state index in [1.807, 2.05) is 45.8 Å². The average Bonchev–Trinajstić information content (AvgIpc) is 3.49. The van der Waals surface area contributed by atoms with E-state index in [-0.39, 0.29) is 5.91 Å². The molecule has 2 atom stereocenters. The Morgan fingerprint density at radius 3 is 2.68 bits per heavy atom. The lowest BCUT2D eigenvalue weighted by Crippen LogP contribution is -2.32. The van der Waals surface area contributed by atoms with Gasteiger partial charge in [0.2, 0.25) is 5.82 Å². The standard InChI is InChI=1S/C23H29N7O/c1-16(2)30-12-18(10-25-30)11-28-13-19-8-21-26-27-22(29(21)15-20(19)14-28)23(31)24-9-17-6-4-3-5-7-17/h3-7,10,12,16,19-20H,8-9,11,13-15H2,1-2H3,(H,24,31)/t19-,20+/m0/s1. The van der Waals surface area contributed by atoms with Gasteiger partial charge in [-0.15, -0.1) is 10.2 Å². The molecular formula is C23H29N7O. The maximum atomic E-state index is 12.8. The first-order chi connectivity index (χ1) is 15.1. The van der Waals surface area contributed by atoms with Gasteiger partial charge in [-0.1, -0.05) is 30.3 Å². The van der Waals surface area contributed by atoms with Crippen molar-refractivity contribution in [1.29, 1.82) is 0 Å². The van der Waals surface area contributed by atoms with Crippen LogP contribution in [0.15, 0.2) is 42.7 Å². The molecule has 3 aromatic rings. The van der Waals surface area contributed by atoms with E-state index >= 15 is 0 Å². The van der Waals surface area contributed by atoms with E-state index in [4.69, 9.17) is 0 Å². The molecule has 31 heavy (non-hydrogen) atoms. The molecule has 2 aliphatic rings. The van der Waals surface area contributed by atoms with Crippen molar-refractivity contribution >= 4 is 5.91 Å². The number of hydrogen-bond acceptors (Lipinski definition) is 5. The summed E-state index contributed by atoms with van der Waals surface area (Å²) in [6.07, 6.45) is 5.01. The first-order valence-electron chi connectivity index (χ1n) is 11.1. The zero-order chi connectivity index (χ0) is 21.4. The van der Waals surface area contributed by atoms with Crippen LogP contribution < -0.4 is 5.32 Å². The number of benzene rings is 1. The molecule has 0 bridgehead atoms. The maximum Gasteiger partial charge on any atom is 0.289 e. The number of likely N-dealkylation sites (tertiary alicyclic amines) is 1. The molecule has 5 rings (SSSR count). The number of amides is 1. The maximum absolute atomic E-state index is 12.8. The van der Waals surface area contributed by atoms with Crippen LogP contribution in [0.4, 0.5) is 0 Å². The third-order valence-corrected chi connectivity index (χ3v) is 6.43. The molecule has 0 spiro atoms. The highest BCUT2D eigenvalue weighted by atomic mass is 16.2. The van der Waals surface area contributed by atoms with Crippen LogP contribution >= 0.6 is 0 Å². The fraction of sp³-hybridized carbons (Fsp3) is 0.478. The molecule has 2 aromatic heterocycles. The second-order valence-electron chi connectivity index (χ2n) is 9.06. The summed E-state index contributed by atoms with van der Waals surface area (Å²) in [6.45, 7) is 8.59. The van der Waals surface area contributed by atoms with Crippen LogP contribution in [0.2, 0.25) is 0 Å². The highest BCUT2D eigenvalue weighted by Gasteiger charge is 2.39. The highest BCUT2D eigenvalue weighted by Crippen LogP contribution is 2.33. The normalized spacial score (nSPS) is 20.6. The summed E-state index contributed by atoms with van der Waals surface area (Å²) in [4.78, 5) is 15.3. The molecule has 1 saturated heterocycles. The summed E-state index contributed by atoms with van der Waals surface area (Å²) in [7, 11) is 0. The predicted octanol–water partition coefficient (Wildman–Crippen LogP) is 2.29. The lowest BCUT2D eigenvalue weighted by molar-refractivity contribution is 0.0932. The van der Waals surface area contributed by atoms with E-state index in [1.165, 1.54) is 5.56 Å². The summed E-state index contributed by atoms with van der Waals surface area (Å²) >= 11 is 0. The quantitative estimate of drug-likeness (QED) is 0.663. The average molecular weight is 420 g/mol. The van der Waals surface area contributed by atoms with Gasteiger partial charge in [-0.3, -0.25) is 14.4 Å². The van der Waals surface area contributed by atoms with E-state index in [2.05, 4.69) is 45.6 Å². The molecule has 0 aliphatic carbocycles. The Morgan fingerprint density at radius 1 is 1.10 bits per heavy atom. The van der Waals surface area contributed by atoms with Gasteiger partial charge in [-0.25, -0.2) is 0 Å². The van der Waals surface area contributed by atoms with Crippen LogP contribution in [-0.2, 0) is 26.1 Å². The van der Waals surface area contributed by atoms with Crippen molar-refractivity contribution in [3.8, 4) is 0 Å². The van der Waals surface area contributed by atoms with E-state index in [0.29, 0.717) is 30.2 Å². The Morgan fingerprint density at radius 2 is 1.90 bits per heavy atom. The second-order valence-corrected chi connectivity index (χ2v) is 9.06. The Bertz CT molecular complexity index is 1060. The van der Waals surface area contributed by atoms with Crippen LogP contribution in [0.5, 0.6) is 0 Å². The number of fused-ring (bicyclic) bond motifs is 2. The Labute approximate surface area is 182 Å². The van der Waals surface area contributed by atoms with Gasteiger partial charge >= 0.3 is 0 Å². The van der Waals surface area contributed by atoms with Crippen LogP contribution in [-0.4, -0.2) is 48.4 Å². The number of nitrogens with zero attached hydrogens (tertiary/aromatic N) is 6. The van der Waals surface area contributed by atoms with Crippen molar-refractivity contribution < 1.29 is 4.79 Å². The van der Waals surface area contributed by atoms with E-state index < -0.39 is 0 Å². The largest absolute Gasteiger partial charge is 0.345 e. The lowest BCUT2D eigenvalue weighted by Gasteiger charge is -2.25. The summed E-state index contributed by atoms with van der Waals surface area (Å²) in [5.41, 5.74) is 2.33. The van der Waals surface area contributed by atoms with Crippen LogP contribution in [0.3, 0.4) is 0 Å². The monoisotopic (exact) mass is 419 g/mol. The van der Waals surface area contributed by atoms with Gasteiger partial charge in [0, 0.05) is 56.9 Å². The first kappa shape index (κ1) is 19.9. The summed E-state index contributed by atoms with van der Waals surface area (Å²) < 4.78 is 4.04. The smallest absolute Gasteiger partial charge is 0.289 e. The molecule has 0 unspecified atom stereocenters. The summed E-state index contributed by atoms with van der Waals surface area (Å²) in [5.74, 6) is 2.29. The number of rotatable bonds is 6. The van der Waals surface area contributed by atoms with E-state index in [9.17, 15) is 4.79 Å². The third kappa shape index (κ3) is 4.12. The van der Waals surface area contributed by atoms with Gasteiger partial charge in [-0.2, -0.15) is 5.10 Å². The molecule has 1 fully saturated rings. The molecular weight excluding hydrogens is 390 g/mol. The van der Waals surface area contributed by atoms with Gasteiger partial charge in [0.25, 0.3) is 5.91 Å². The van der Waals surface area contributed by atoms with Gasteiger partial charge in [0.15, 0.2) is 0 Å². The molecule has 1 N–H and O–H groups in total. The van der Waals surface area contributed by atoms with Gasteiger partial charge in [0.1, 0.15) is 5.82 Å². The molecule has 8 nitrogen and oxygen atoms in total. The molecule has 0 radical (unpaired) electrons. The zero-order valence-corrected chi connectivity index (χ0v) is 18.1. The van der Waals surface area contributed by atoms with E-state index in [1.54, 1.807) is 0 Å². The first-order valence-corrected chi connectivity index (χ1v) is 11.1. The Hall–Kier alpha value is -3.00. The number of nitrogens with one attached hydrogen (secondary N) is 1. The molecule has 162 valence electrons. The van der Waals surface area contributed by atoms with Crippen molar-refractivity contribution in [3.63, 3.8) is 0 Å². The summed E-state index contributed by atoms with van der Waals surface area (Å²) in [5, 5.41) is 16.0. The number of aromatic nitrogens is 5. The summed E-state index contributed by atoms with van der Waals surface area (Å²) in [6, 6.07) is 10.3. The van der Waals surface area contributed by atoms with Crippen LogP contribution in [0, 0.1) is 11.8 Å². The van der Waals surface area contributed by atoms with Crippen molar-refractivity contribution in [2.75, 3.05) is 13.1 Å². The van der Waals surface area contributed by atoms with Crippen molar-refractivity contribution in [2.24, 2.45) is 11.8 Å². The fourth-order valence-electron chi connectivity index (χ4n) is 4.78. The molecule has 1 amide bonds. The van der Waals surface area contributed by atoms with Crippen LogP contribution in [0.1, 0.15) is 47.5 Å². The number of carbonyl (C=O) groups excluding carboxylic acids is 1. The van der Waals surface area contributed by atoms with Crippen molar-refractivity contribution in [2.45, 2.75) is 45.9 Å². The van der Waals surface area contributed by atoms with Gasteiger partial charge < -0.3 is 9.88 Å². The molecule has 0 saturated carbocycles. The lowest BCUT2D eigenvalue weighted by atomic mass is 9.89. The molecule has 4 heterocycles. The number of hydrogen-bond donors (Lipinski definition) is 1. The second kappa shape index (κ2) is 8.26. The van der Waals surface area contributed by atoms with Gasteiger partial charge in [0.05, 0.1) is 6.20 Å². The highest BCUT2D eigenvalue weighted by molar-refractivity contribution is 5.90. The number of carbonyl (C=O) groups is 1.